The summed E-state index contributed by atoms with van der Waals surface area (Å²) in [4.78, 5) is 29.0. The van der Waals surface area contributed by atoms with E-state index in [9.17, 15) is 18.0 Å². The van der Waals surface area contributed by atoms with E-state index in [0.717, 1.165) is 27.8 Å². The maximum Gasteiger partial charge on any atom is 0.264 e. The molecule has 7 nitrogen and oxygen atoms in total. The summed E-state index contributed by atoms with van der Waals surface area (Å²) in [5, 5.41) is 2.92. The van der Waals surface area contributed by atoms with Crippen molar-refractivity contribution in [3.05, 3.63) is 94.5 Å². The number of nitrogens with zero attached hydrogens (tertiary/aromatic N) is 2. The highest BCUT2D eigenvalue weighted by atomic mass is 32.2. The fourth-order valence-electron chi connectivity index (χ4n) is 4.63. The van der Waals surface area contributed by atoms with Gasteiger partial charge in [0, 0.05) is 12.6 Å². The highest BCUT2D eigenvalue weighted by molar-refractivity contribution is 7.92. The Morgan fingerprint density at radius 3 is 1.90 bits per heavy atom. The first-order valence-electron chi connectivity index (χ1n) is 13.7. The summed E-state index contributed by atoms with van der Waals surface area (Å²) in [6.45, 7) is 13.0. The minimum Gasteiger partial charge on any atom is -0.352 e. The van der Waals surface area contributed by atoms with Crippen LogP contribution in [0.2, 0.25) is 0 Å². The van der Waals surface area contributed by atoms with Crippen molar-refractivity contribution in [2.24, 2.45) is 0 Å². The van der Waals surface area contributed by atoms with Gasteiger partial charge < -0.3 is 10.2 Å². The third-order valence-electron chi connectivity index (χ3n) is 6.80. The SMILES string of the molecule is CC[C@H](C(=O)NC(C)C)N(Cc1ccc(C)cc1)C(=O)CN(c1ccc(C)cc1C)S(=O)(=O)c1ccc(C)cc1. The summed E-state index contributed by atoms with van der Waals surface area (Å²) in [7, 11) is -4.10. The number of carbonyl (C=O) groups excluding carboxylic acids is 2. The lowest BCUT2D eigenvalue weighted by molar-refractivity contribution is -0.140. The zero-order valence-electron chi connectivity index (χ0n) is 24.6. The Morgan fingerprint density at radius 2 is 1.38 bits per heavy atom. The minimum atomic E-state index is -4.10. The molecule has 3 aromatic carbocycles. The molecular weight excluding hydrogens is 522 g/mol. The molecule has 0 spiro atoms. The number of anilines is 1. The minimum absolute atomic E-state index is 0.0977. The molecule has 0 saturated carbocycles. The Labute approximate surface area is 239 Å². The zero-order chi connectivity index (χ0) is 29.6. The molecule has 0 radical (unpaired) electrons. The lowest BCUT2D eigenvalue weighted by Gasteiger charge is -2.34. The van der Waals surface area contributed by atoms with Gasteiger partial charge in [-0.2, -0.15) is 0 Å². The van der Waals surface area contributed by atoms with E-state index in [1.165, 1.54) is 9.21 Å². The van der Waals surface area contributed by atoms with Crippen molar-refractivity contribution in [2.45, 2.75) is 78.4 Å². The van der Waals surface area contributed by atoms with Crippen LogP contribution in [0.15, 0.2) is 71.6 Å². The summed E-state index contributed by atoms with van der Waals surface area (Å²) in [5.74, 6) is -0.723. The number of sulfonamides is 1. The summed E-state index contributed by atoms with van der Waals surface area (Å²) in [6.07, 6.45) is 0.379. The third-order valence-corrected chi connectivity index (χ3v) is 8.57. The molecule has 0 unspecified atom stereocenters. The third kappa shape index (κ3) is 7.50. The van der Waals surface area contributed by atoms with Gasteiger partial charge in [0.25, 0.3) is 10.0 Å². The Balaban J connectivity index is 2.09. The second-order valence-electron chi connectivity index (χ2n) is 10.7. The van der Waals surface area contributed by atoms with Gasteiger partial charge in [-0.25, -0.2) is 8.42 Å². The molecule has 40 heavy (non-hydrogen) atoms. The fourth-order valence-corrected chi connectivity index (χ4v) is 6.11. The van der Waals surface area contributed by atoms with E-state index in [0.29, 0.717) is 12.1 Å². The van der Waals surface area contributed by atoms with Crippen LogP contribution >= 0.6 is 0 Å². The average molecular weight is 564 g/mol. The van der Waals surface area contributed by atoms with E-state index < -0.39 is 28.5 Å². The molecule has 2 amide bonds. The number of amides is 2. The number of rotatable bonds is 11. The van der Waals surface area contributed by atoms with E-state index in [1.54, 1.807) is 30.3 Å². The van der Waals surface area contributed by atoms with Crippen molar-refractivity contribution in [2.75, 3.05) is 10.8 Å². The van der Waals surface area contributed by atoms with Crippen LogP contribution in [-0.4, -0.2) is 43.8 Å². The maximum atomic E-state index is 14.1. The number of hydrogen-bond donors (Lipinski definition) is 1. The molecule has 0 aromatic heterocycles. The number of benzene rings is 3. The topological polar surface area (TPSA) is 86.8 Å². The van der Waals surface area contributed by atoms with Gasteiger partial charge in [-0.15, -0.1) is 0 Å². The first kappa shape index (κ1) is 30.9. The molecular formula is C32H41N3O4S. The maximum absolute atomic E-state index is 14.1. The number of aryl methyl sites for hydroxylation is 4. The van der Waals surface area contributed by atoms with Crippen molar-refractivity contribution in [3.8, 4) is 0 Å². The molecule has 3 rings (SSSR count). The van der Waals surface area contributed by atoms with Gasteiger partial charge >= 0.3 is 0 Å². The Morgan fingerprint density at radius 1 is 0.825 bits per heavy atom. The molecule has 0 aliphatic carbocycles. The molecule has 0 heterocycles. The highest BCUT2D eigenvalue weighted by Gasteiger charge is 2.34. The van der Waals surface area contributed by atoms with Crippen molar-refractivity contribution in [1.82, 2.24) is 10.2 Å². The first-order valence-corrected chi connectivity index (χ1v) is 15.1. The number of carbonyl (C=O) groups is 2. The van der Waals surface area contributed by atoms with Gasteiger partial charge in [0.2, 0.25) is 11.8 Å². The summed E-state index contributed by atoms with van der Waals surface area (Å²) in [6, 6.07) is 18.9. The zero-order valence-corrected chi connectivity index (χ0v) is 25.4. The van der Waals surface area contributed by atoms with Gasteiger partial charge in [-0.05, 0) is 77.3 Å². The number of hydrogen-bond acceptors (Lipinski definition) is 4. The molecule has 1 N–H and O–H groups in total. The van der Waals surface area contributed by atoms with Gasteiger partial charge in [0.1, 0.15) is 12.6 Å². The van der Waals surface area contributed by atoms with Crippen LogP contribution in [-0.2, 0) is 26.2 Å². The molecule has 214 valence electrons. The smallest absolute Gasteiger partial charge is 0.264 e. The van der Waals surface area contributed by atoms with E-state index in [-0.39, 0.29) is 23.4 Å². The van der Waals surface area contributed by atoms with Gasteiger partial charge in [-0.3, -0.25) is 13.9 Å². The Bertz CT molecular complexity index is 1430. The largest absolute Gasteiger partial charge is 0.352 e. The van der Waals surface area contributed by atoms with Crippen LogP contribution in [0.1, 0.15) is 55.0 Å². The summed E-state index contributed by atoms with van der Waals surface area (Å²) >= 11 is 0. The summed E-state index contributed by atoms with van der Waals surface area (Å²) < 4.78 is 29.2. The standard InChI is InChI=1S/C32H41N3O4S/c1-8-29(32(37)33-22(2)3)34(20-27-14-9-23(4)10-15-27)31(36)21-35(30-18-13-25(6)19-26(30)7)40(38,39)28-16-11-24(5)12-17-28/h9-19,22,29H,8,20-21H2,1-7H3,(H,33,37)/t29-/m1/s1. The van der Waals surface area contributed by atoms with Crippen LogP contribution in [0, 0.1) is 27.7 Å². The van der Waals surface area contributed by atoms with E-state index >= 15 is 0 Å². The monoisotopic (exact) mass is 563 g/mol. The highest BCUT2D eigenvalue weighted by Crippen LogP contribution is 2.28. The van der Waals surface area contributed by atoms with Crippen LogP contribution in [0.25, 0.3) is 0 Å². The second kappa shape index (κ2) is 13.1. The predicted molar refractivity (Wildman–Crippen MR) is 161 cm³/mol. The van der Waals surface area contributed by atoms with Crippen molar-refractivity contribution >= 4 is 27.5 Å². The summed E-state index contributed by atoms with van der Waals surface area (Å²) in [5.41, 5.74) is 5.01. The first-order chi connectivity index (χ1) is 18.8. The van der Waals surface area contributed by atoms with Crippen molar-refractivity contribution < 1.29 is 18.0 Å². The van der Waals surface area contributed by atoms with Crippen molar-refractivity contribution in [1.29, 1.82) is 0 Å². The van der Waals surface area contributed by atoms with Crippen LogP contribution < -0.4 is 9.62 Å². The lowest BCUT2D eigenvalue weighted by Crippen LogP contribution is -2.53. The predicted octanol–water partition coefficient (Wildman–Crippen LogP) is 5.45. The van der Waals surface area contributed by atoms with Crippen LogP contribution in [0.4, 0.5) is 5.69 Å². The Kier molecular flexibility index (Phi) is 10.1. The number of nitrogens with one attached hydrogen (secondary N) is 1. The van der Waals surface area contributed by atoms with E-state index in [2.05, 4.69) is 5.32 Å². The molecule has 0 fully saturated rings. The molecule has 3 aromatic rings. The lowest BCUT2D eigenvalue weighted by atomic mass is 10.1. The normalized spacial score (nSPS) is 12.2. The molecule has 0 bridgehead atoms. The molecule has 8 heteroatoms. The second-order valence-corrected chi connectivity index (χ2v) is 12.6. The van der Waals surface area contributed by atoms with Crippen molar-refractivity contribution in [3.63, 3.8) is 0 Å². The molecule has 0 aliphatic heterocycles. The molecule has 0 saturated heterocycles. The van der Waals surface area contributed by atoms with Crippen LogP contribution in [0.5, 0.6) is 0 Å². The molecule has 0 aliphatic rings. The van der Waals surface area contributed by atoms with Crippen LogP contribution in [0.3, 0.4) is 0 Å². The van der Waals surface area contributed by atoms with E-state index in [4.69, 9.17) is 0 Å². The molecule has 1 atom stereocenters. The van der Waals surface area contributed by atoms with Gasteiger partial charge in [0.05, 0.1) is 10.6 Å². The fraction of sp³-hybridized carbons (Fsp3) is 0.375. The van der Waals surface area contributed by atoms with Gasteiger partial charge in [-0.1, -0.05) is 72.1 Å². The van der Waals surface area contributed by atoms with Gasteiger partial charge in [0.15, 0.2) is 0 Å². The Hall–Kier alpha value is -3.65. The average Bonchev–Trinajstić information content (AvgIpc) is 2.88. The quantitative estimate of drug-likeness (QED) is 0.336. The van der Waals surface area contributed by atoms with E-state index in [1.807, 2.05) is 84.9 Å².